The first-order chi connectivity index (χ1) is 9.16. The third-order valence-electron chi connectivity index (χ3n) is 4.61. The van der Waals surface area contributed by atoms with Gasteiger partial charge in [0.15, 0.2) is 0 Å². The number of hydrogen-bond donors (Lipinski definition) is 0. The van der Waals surface area contributed by atoms with E-state index in [2.05, 4.69) is 26.0 Å². The van der Waals surface area contributed by atoms with Crippen LogP contribution in [0.4, 0.5) is 0 Å². The van der Waals surface area contributed by atoms with Crippen LogP contribution in [0.25, 0.3) is 0 Å². The maximum atomic E-state index is 6.39. The molecule has 3 heteroatoms. The number of halogens is 1. The van der Waals surface area contributed by atoms with E-state index >= 15 is 0 Å². The number of rotatable bonds is 6. The fourth-order valence-corrected chi connectivity index (χ4v) is 3.61. The standard InChI is InChI=1S/C16H23ClO2/c1-4-16(5-2)14(17)10-15(16)19-11-12-6-8-13(18-3)9-7-12/h6-9,14-15H,4-5,10-11H2,1-3H3. The average molecular weight is 283 g/mol. The molecule has 0 radical (unpaired) electrons. The summed E-state index contributed by atoms with van der Waals surface area (Å²) in [6.07, 6.45) is 3.45. The van der Waals surface area contributed by atoms with Crippen LogP contribution < -0.4 is 4.74 Å². The van der Waals surface area contributed by atoms with Crippen molar-refractivity contribution in [2.75, 3.05) is 7.11 Å². The first-order valence-electron chi connectivity index (χ1n) is 7.05. The summed E-state index contributed by atoms with van der Waals surface area (Å²) < 4.78 is 11.2. The highest BCUT2D eigenvalue weighted by atomic mass is 35.5. The highest BCUT2D eigenvalue weighted by molar-refractivity contribution is 6.21. The van der Waals surface area contributed by atoms with Gasteiger partial charge in [0, 0.05) is 10.8 Å². The van der Waals surface area contributed by atoms with E-state index in [1.165, 1.54) is 5.56 Å². The number of hydrogen-bond acceptors (Lipinski definition) is 2. The lowest BCUT2D eigenvalue weighted by Gasteiger charge is -2.52. The maximum absolute atomic E-state index is 6.39. The molecule has 0 aromatic heterocycles. The molecule has 1 aromatic carbocycles. The Bertz CT molecular complexity index is 398. The highest BCUT2D eigenvalue weighted by Gasteiger charge is 2.52. The third kappa shape index (κ3) is 2.75. The molecule has 1 aromatic rings. The smallest absolute Gasteiger partial charge is 0.118 e. The largest absolute Gasteiger partial charge is 0.497 e. The summed E-state index contributed by atoms with van der Waals surface area (Å²) in [5.74, 6) is 0.879. The Labute approximate surface area is 121 Å². The molecule has 0 saturated heterocycles. The van der Waals surface area contributed by atoms with Crippen LogP contribution >= 0.6 is 11.6 Å². The topological polar surface area (TPSA) is 18.5 Å². The molecule has 19 heavy (non-hydrogen) atoms. The van der Waals surface area contributed by atoms with Crippen LogP contribution in [0.3, 0.4) is 0 Å². The average Bonchev–Trinajstić information content (AvgIpc) is 2.45. The van der Waals surface area contributed by atoms with E-state index < -0.39 is 0 Å². The van der Waals surface area contributed by atoms with Crippen molar-refractivity contribution < 1.29 is 9.47 Å². The molecular weight excluding hydrogens is 260 g/mol. The minimum atomic E-state index is 0.175. The Morgan fingerprint density at radius 1 is 1.21 bits per heavy atom. The second-order valence-corrected chi connectivity index (χ2v) is 5.82. The van der Waals surface area contributed by atoms with Gasteiger partial charge in [0.1, 0.15) is 5.75 Å². The van der Waals surface area contributed by atoms with E-state index in [1.54, 1.807) is 7.11 Å². The number of benzene rings is 1. The summed E-state index contributed by atoms with van der Waals surface area (Å²) >= 11 is 6.39. The molecule has 2 rings (SSSR count). The zero-order valence-corrected chi connectivity index (χ0v) is 12.7. The van der Waals surface area contributed by atoms with E-state index in [-0.39, 0.29) is 10.8 Å². The molecule has 2 nitrogen and oxygen atoms in total. The van der Waals surface area contributed by atoms with Crippen LogP contribution in [0.5, 0.6) is 5.75 Å². The van der Waals surface area contributed by atoms with Crippen molar-refractivity contribution >= 4 is 11.6 Å². The minimum absolute atomic E-state index is 0.175. The molecule has 2 atom stereocenters. The fourth-order valence-electron chi connectivity index (χ4n) is 3.00. The minimum Gasteiger partial charge on any atom is -0.497 e. The second kappa shape index (κ2) is 6.15. The van der Waals surface area contributed by atoms with Crippen LogP contribution in [-0.4, -0.2) is 18.6 Å². The van der Waals surface area contributed by atoms with Gasteiger partial charge in [0.2, 0.25) is 0 Å². The molecule has 2 unspecified atom stereocenters. The summed E-state index contributed by atoms with van der Waals surface area (Å²) in [6.45, 7) is 5.07. The lowest BCUT2D eigenvalue weighted by Crippen LogP contribution is -2.55. The monoisotopic (exact) mass is 282 g/mol. The molecule has 0 spiro atoms. The molecule has 0 heterocycles. The molecule has 1 saturated carbocycles. The van der Waals surface area contributed by atoms with Crippen LogP contribution in [0.15, 0.2) is 24.3 Å². The predicted octanol–water partition coefficient (Wildman–Crippen LogP) is 4.40. The van der Waals surface area contributed by atoms with Gasteiger partial charge < -0.3 is 9.47 Å². The normalized spacial score (nSPS) is 24.8. The van der Waals surface area contributed by atoms with Crippen molar-refractivity contribution in [3.63, 3.8) is 0 Å². The van der Waals surface area contributed by atoms with E-state index in [0.717, 1.165) is 25.0 Å². The van der Waals surface area contributed by atoms with Gasteiger partial charge in [0.25, 0.3) is 0 Å². The van der Waals surface area contributed by atoms with Gasteiger partial charge in [-0.05, 0) is 37.0 Å². The van der Waals surface area contributed by atoms with Crippen LogP contribution in [0.1, 0.15) is 38.7 Å². The Hall–Kier alpha value is -0.730. The zero-order valence-electron chi connectivity index (χ0n) is 12.0. The zero-order chi connectivity index (χ0) is 13.9. The quantitative estimate of drug-likeness (QED) is 0.720. The van der Waals surface area contributed by atoms with E-state index in [4.69, 9.17) is 21.1 Å². The van der Waals surface area contributed by atoms with Crippen molar-refractivity contribution in [3.05, 3.63) is 29.8 Å². The Balaban J connectivity index is 1.91. The number of methoxy groups -OCH3 is 1. The van der Waals surface area contributed by atoms with Crippen LogP contribution in [0.2, 0.25) is 0 Å². The van der Waals surface area contributed by atoms with Gasteiger partial charge in [-0.15, -0.1) is 11.6 Å². The van der Waals surface area contributed by atoms with Gasteiger partial charge in [-0.25, -0.2) is 0 Å². The van der Waals surface area contributed by atoms with Crippen molar-refractivity contribution in [2.24, 2.45) is 5.41 Å². The Kier molecular flexibility index (Phi) is 4.75. The van der Waals surface area contributed by atoms with Crippen LogP contribution in [-0.2, 0) is 11.3 Å². The molecule has 0 bridgehead atoms. The summed E-state index contributed by atoms with van der Waals surface area (Å²) in [5.41, 5.74) is 1.36. The lowest BCUT2D eigenvalue weighted by molar-refractivity contribution is -0.119. The molecule has 1 aliphatic carbocycles. The predicted molar refractivity (Wildman–Crippen MR) is 78.8 cm³/mol. The fraction of sp³-hybridized carbons (Fsp3) is 0.625. The first kappa shape index (κ1) is 14.7. The highest BCUT2D eigenvalue weighted by Crippen LogP contribution is 2.52. The van der Waals surface area contributed by atoms with Gasteiger partial charge in [-0.2, -0.15) is 0 Å². The molecule has 0 aliphatic heterocycles. The summed E-state index contributed by atoms with van der Waals surface area (Å²) in [5, 5.41) is 0.267. The van der Waals surface area contributed by atoms with Gasteiger partial charge >= 0.3 is 0 Å². The maximum Gasteiger partial charge on any atom is 0.118 e. The van der Waals surface area contributed by atoms with Gasteiger partial charge in [-0.3, -0.25) is 0 Å². The summed E-state index contributed by atoms with van der Waals surface area (Å²) in [4.78, 5) is 0. The van der Waals surface area contributed by atoms with Crippen LogP contribution in [0, 0.1) is 5.41 Å². The van der Waals surface area contributed by atoms with Crippen molar-refractivity contribution in [2.45, 2.75) is 51.2 Å². The first-order valence-corrected chi connectivity index (χ1v) is 7.48. The Morgan fingerprint density at radius 2 is 1.84 bits per heavy atom. The second-order valence-electron chi connectivity index (χ2n) is 5.29. The Morgan fingerprint density at radius 3 is 2.32 bits per heavy atom. The molecule has 1 aliphatic rings. The summed E-state index contributed by atoms with van der Waals surface area (Å²) in [7, 11) is 1.68. The third-order valence-corrected chi connectivity index (χ3v) is 5.23. The lowest BCUT2D eigenvalue weighted by atomic mass is 9.62. The molecule has 1 fully saturated rings. The van der Waals surface area contributed by atoms with E-state index in [9.17, 15) is 0 Å². The number of alkyl halides is 1. The van der Waals surface area contributed by atoms with Crippen molar-refractivity contribution in [1.29, 1.82) is 0 Å². The van der Waals surface area contributed by atoms with E-state index in [0.29, 0.717) is 12.7 Å². The molecule has 0 N–H and O–H groups in total. The SMILES string of the molecule is CCC1(CC)C(Cl)CC1OCc1ccc(OC)cc1. The molecule has 0 amide bonds. The molecule has 106 valence electrons. The number of ether oxygens (including phenoxy) is 2. The van der Waals surface area contributed by atoms with Crippen molar-refractivity contribution in [1.82, 2.24) is 0 Å². The molecular formula is C16H23ClO2. The summed E-state index contributed by atoms with van der Waals surface area (Å²) in [6, 6.07) is 8.04. The van der Waals surface area contributed by atoms with Gasteiger partial charge in [-0.1, -0.05) is 26.0 Å². The van der Waals surface area contributed by atoms with Crippen molar-refractivity contribution in [3.8, 4) is 5.75 Å². The van der Waals surface area contributed by atoms with Gasteiger partial charge in [0.05, 0.1) is 19.8 Å². The van der Waals surface area contributed by atoms with E-state index in [1.807, 2.05) is 12.1 Å².